The van der Waals surface area contributed by atoms with E-state index in [2.05, 4.69) is 12.6 Å². The number of anilines is 1. The Morgan fingerprint density at radius 3 is 2.29 bits per heavy atom. The molecule has 0 bridgehead atoms. The first kappa shape index (κ1) is 30.7. The highest BCUT2D eigenvalue weighted by Gasteiger charge is 2.54. The van der Waals surface area contributed by atoms with Gasteiger partial charge in [-0.15, -0.1) is 6.58 Å². The summed E-state index contributed by atoms with van der Waals surface area (Å²) in [6.07, 6.45) is 4.82. The molecule has 1 heterocycles. The first-order chi connectivity index (χ1) is 20.1. The molecule has 0 aromatic heterocycles. The van der Waals surface area contributed by atoms with E-state index in [0.29, 0.717) is 28.6 Å². The number of halogens is 2. The summed E-state index contributed by atoms with van der Waals surface area (Å²) in [7, 11) is -3.62. The number of hydrogen-bond donors (Lipinski definition) is 0. The van der Waals surface area contributed by atoms with Crippen LogP contribution < -0.4 is 4.31 Å². The molecule has 5 nitrogen and oxygen atoms in total. The van der Waals surface area contributed by atoms with Crippen molar-refractivity contribution in [3.8, 4) is 0 Å². The van der Waals surface area contributed by atoms with Gasteiger partial charge in [-0.2, -0.15) is 0 Å². The number of hydrogen-bond acceptors (Lipinski definition) is 3. The van der Waals surface area contributed by atoms with Crippen LogP contribution in [0, 0.1) is 11.3 Å². The third kappa shape index (κ3) is 6.27. The van der Waals surface area contributed by atoms with E-state index in [1.807, 2.05) is 90.7 Å². The van der Waals surface area contributed by atoms with Crippen molar-refractivity contribution in [2.75, 3.05) is 16.6 Å². The lowest BCUT2D eigenvalue weighted by molar-refractivity contribution is -0.154. The summed E-state index contributed by atoms with van der Waals surface area (Å²) in [6, 6.07) is 24.1. The number of piperidine rings is 1. The smallest absolute Gasteiger partial charge is 0.234 e. The van der Waals surface area contributed by atoms with E-state index in [4.69, 9.17) is 23.2 Å². The number of carbonyl (C=O) groups is 1. The fraction of sp³-hybridized carbons (Fsp3) is 0.382. The summed E-state index contributed by atoms with van der Waals surface area (Å²) < 4.78 is 28.6. The molecule has 1 aliphatic heterocycles. The molecule has 1 amide bonds. The first-order valence-corrected chi connectivity index (χ1v) is 16.9. The van der Waals surface area contributed by atoms with E-state index in [1.54, 1.807) is 6.92 Å². The van der Waals surface area contributed by atoms with Gasteiger partial charge in [0.25, 0.3) is 0 Å². The monoisotopic (exact) mass is 624 g/mol. The van der Waals surface area contributed by atoms with E-state index >= 15 is 0 Å². The summed E-state index contributed by atoms with van der Waals surface area (Å²) in [6.45, 7) is 7.85. The largest absolute Gasteiger partial charge is 0.329 e. The normalized spacial score (nSPS) is 23.4. The van der Waals surface area contributed by atoms with Crippen LogP contribution in [-0.2, 0) is 14.8 Å². The van der Waals surface area contributed by atoms with Crippen molar-refractivity contribution in [1.29, 1.82) is 0 Å². The molecule has 2 aliphatic rings. The molecule has 1 unspecified atom stereocenters. The van der Waals surface area contributed by atoms with Gasteiger partial charge in [0.1, 0.15) is 0 Å². The average molecular weight is 626 g/mol. The van der Waals surface area contributed by atoms with E-state index in [-0.39, 0.29) is 42.1 Å². The predicted octanol–water partition coefficient (Wildman–Crippen LogP) is 8.27. The van der Waals surface area contributed by atoms with E-state index in [1.165, 1.54) is 4.31 Å². The van der Waals surface area contributed by atoms with Crippen LogP contribution in [0.2, 0.25) is 10.0 Å². The molecule has 0 N–H and O–H groups in total. The topological polar surface area (TPSA) is 57.7 Å². The Hall–Kier alpha value is -2.80. The van der Waals surface area contributed by atoms with Gasteiger partial charge in [0.05, 0.1) is 35.5 Å². The molecule has 1 saturated carbocycles. The minimum absolute atomic E-state index is 0.0273. The molecule has 1 saturated heterocycles. The molecule has 1 aliphatic carbocycles. The molecular weight excluding hydrogens is 587 g/mol. The predicted molar refractivity (Wildman–Crippen MR) is 173 cm³/mol. The summed E-state index contributed by atoms with van der Waals surface area (Å²) in [5.74, 6) is 0.0990. The molecule has 222 valence electrons. The van der Waals surface area contributed by atoms with E-state index < -0.39 is 15.4 Å². The Balaban J connectivity index is 1.70. The van der Waals surface area contributed by atoms with Crippen molar-refractivity contribution in [3.63, 3.8) is 0 Å². The molecule has 0 spiro atoms. The highest BCUT2D eigenvalue weighted by Crippen LogP contribution is 2.54. The number of likely N-dealkylation sites (tertiary alicyclic amines) is 1. The number of sulfonamides is 1. The zero-order valence-electron chi connectivity index (χ0n) is 24.1. The van der Waals surface area contributed by atoms with Crippen molar-refractivity contribution in [2.24, 2.45) is 11.3 Å². The van der Waals surface area contributed by atoms with Crippen LogP contribution in [0.1, 0.15) is 62.6 Å². The van der Waals surface area contributed by atoms with Crippen molar-refractivity contribution >= 4 is 44.8 Å². The maximum atomic E-state index is 14.8. The van der Waals surface area contributed by atoms with Crippen LogP contribution in [-0.4, -0.2) is 37.6 Å². The molecule has 3 aromatic carbocycles. The number of para-hydroxylation sites is 1. The van der Waals surface area contributed by atoms with E-state index in [9.17, 15) is 13.2 Å². The van der Waals surface area contributed by atoms with Crippen molar-refractivity contribution in [1.82, 2.24) is 4.90 Å². The van der Waals surface area contributed by atoms with Gasteiger partial charge in [-0.25, -0.2) is 8.42 Å². The van der Waals surface area contributed by atoms with Crippen LogP contribution in [0.15, 0.2) is 91.5 Å². The average Bonchev–Trinajstić information content (AvgIpc) is 3.82. The molecule has 0 radical (unpaired) electrons. The van der Waals surface area contributed by atoms with Gasteiger partial charge in [-0.05, 0) is 86.1 Å². The van der Waals surface area contributed by atoms with Crippen LogP contribution >= 0.6 is 23.2 Å². The van der Waals surface area contributed by atoms with Gasteiger partial charge < -0.3 is 4.90 Å². The number of benzene rings is 3. The first-order valence-electron chi connectivity index (χ1n) is 14.6. The SMILES string of the molecule is C=CC[C@@]1(C)C[C@H](c2cccc(Cl)c2)[C@@H](c2ccc(Cl)cc2)N(C(CN(c2ccccc2)S(=O)(=O)CC)C2CC2)C1=O. The van der Waals surface area contributed by atoms with Crippen LogP contribution in [0.25, 0.3) is 0 Å². The van der Waals surface area contributed by atoms with Crippen molar-refractivity contribution < 1.29 is 13.2 Å². The highest BCUT2D eigenvalue weighted by atomic mass is 35.5. The second-order valence-corrected chi connectivity index (χ2v) is 14.9. The quantitative estimate of drug-likeness (QED) is 0.202. The Morgan fingerprint density at radius 1 is 1.00 bits per heavy atom. The van der Waals surface area contributed by atoms with Gasteiger partial charge in [0.2, 0.25) is 15.9 Å². The summed E-state index contributed by atoms with van der Waals surface area (Å²) in [5, 5.41) is 1.26. The molecule has 5 rings (SSSR count). The second-order valence-electron chi connectivity index (χ2n) is 11.8. The molecule has 2 fully saturated rings. The number of amides is 1. The number of carbonyl (C=O) groups excluding carboxylic acids is 1. The fourth-order valence-corrected chi connectivity index (χ4v) is 7.96. The zero-order valence-corrected chi connectivity index (χ0v) is 26.5. The van der Waals surface area contributed by atoms with Crippen molar-refractivity contribution in [2.45, 2.75) is 57.5 Å². The summed E-state index contributed by atoms with van der Waals surface area (Å²) in [5.41, 5.74) is 1.91. The standard InChI is InChI=1S/C34H38Cl2N2O3S/c1-4-20-34(3)22-30(26-10-9-11-28(36)21-26)32(25-16-18-27(35)19-17-25)38(33(34)39)31(24-14-15-24)23-37(42(40,41)5-2)29-12-7-6-8-13-29/h4,6-13,16-19,21,24,30-32H,1,5,14-15,20,22-23H2,2-3H3/t30-,31?,32-,34+/m1/s1. The van der Waals surface area contributed by atoms with Gasteiger partial charge in [0.15, 0.2) is 0 Å². The third-order valence-corrected chi connectivity index (χ3v) is 11.1. The Labute approximate surface area is 260 Å². The van der Waals surface area contributed by atoms with Gasteiger partial charge in [-0.3, -0.25) is 9.10 Å². The van der Waals surface area contributed by atoms with Crippen LogP contribution in [0.3, 0.4) is 0 Å². The van der Waals surface area contributed by atoms with Crippen molar-refractivity contribution in [3.05, 3.63) is 113 Å². The lowest BCUT2D eigenvalue weighted by Crippen LogP contribution is -2.59. The van der Waals surface area contributed by atoms with Gasteiger partial charge >= 0.3 is 0 Å². The van der Waals surface area contributed by atoms with Gasteiger partial charge in [0, 0.05) is 16.0 Å². The summed E-state index contributed by atoms with van der Waals surface area (Å²) in [4.78, 5) is 16.8. The summed E-state index contributed by atoms with van der Waals surface area (Å²) >= 11 is 12.8. The Bertz CT molecular complexity index is 1530. The molecule has 42 heavy (non-hydrogen) atoms. The Morgan fingerprint density at radius 2 is 1.69 bits per heavy atom. The maximum absolute atomic E-state index is 14.8. The number of rotatable bonds is 11. The fourth-order valence-electron chi connectivity index (χ4n) is 6.50. The maximum Gasteiger partial charge on any atom is 0.234 e. The van der Waals surface area contributed by atoms with Crippen LogP contribution in [0.4, 0.5) is 5.69 Å². The molecule has 8 heteroatoms. The second kappa shape index (κ2) is 12.4. The van der Waals surface area contributed by atoms with E-state index in [0.717, 1.165) is 24.0 Å². The number of allylic oxidation sites excluding steroid dienone is 1. The lowest BCUT2D eigenvalue weighted by Gasteiger charge is -2.53. The molecular formula is C34H38Cl2N2O3S. The Kier molecular flexibility index (Phi) is 9.08. The number of nitrogens with zero attached hydrogens (tertiary/aromatic N) is 2. The lowest BCUT2D eigenvalue weighted by atomic mass is 9.67. The minimum atomic E-state index is -3.62. The van der Waals surface area contributed by atoms with Gasteiger partial charge in [-0.1, -0.05) is 78.7 Å². The van der Waals surface area contributed by atoms with Crippen LogP contribution in [0.5, 0.6) is 0 Å². The highest BCUT2D eigenvalue weighted by molar-refractivity contribution is 7.92. The third-order valence-electron chi connectivity index (χ3n) is 8.81. The molecule has 3 aromatic rings. The molecule has 4 atom stereocenters. The minimum Gasteiger partial charge on any atom is -0.329 e. The zero-order chi connectivity index (χ0) is 30.1.